The summed E-state index contributed by atoms with van der Waals surface area (Å²) in [6, 6.07) is 1.86. The minimum atomic E-state index is -1.01. The molecule has 0 aromatic carbocycles. The lowest BCUT2D eigenvalue weighted by Gasteiger charge is -2.11. The van der Waals surface area contributed by atoms with Gasteiger partial charge in [-0.3, -0.25) is 4.79 Å². The fourth-order valence-electron chi connectivity index (χ4n) is 1.78. The highest BCUT2D eigenvalue weighted by Gasteiger charge is 2.34. The number of aliphatic carboxylic acids is 1. The van der Waals surface area contributed by atoms with Crippen LogP contribution in [0.1, 0.15) is 18.4 Å². The van der Waals surface area contributed by atoms with Crippen LogP contribution in [0, 0.1) is 0 Å². The molecule has 1 aromatic heterocycles. The zero-order valence-corrected chi connectivity index (χ0v) is 9.18. The molecular formula is C11H14N2O4. The van der Waals surface area contributed by atoms with E-state index in [1.54, 1.807) is 12.4 Å². The van der Waals surface area contributed by atoms with E-state index >= 15 is 0 Å². The SMILES string of the molecule is O=C(O)C1CCC(C(=O)NCc2cc[nH]c2)O1. The first-order chi connectivity index (χ1) is 8.16. The molecule has 2 heterocycles. The monoisotopic (exact) mass is 238 g/mol. The van der Waals surface area contributed by atoms with Crippen molar-refractivity contribution >= 4 is 11.9 Å². The lowest BCUT2D eigenvalue weighted by Crippen LogP contribution is -2.35. The normalized spacial score (nSPS) is 23.5. The Morgan fingerprint density at radius 1 is 1.47 bits per heavy atom. The highest BCUT2D eigenvalue weighted by atomic mass is 16.5. The molecule has 2 unspecified atom stereocenters. The summed E-state index contributed by atoms with van der Waals surface area (Å²) in [5, 5.41) is 11.4. The molecule has 1 aromatic rings. The molecule has 2 atom stereocenters. The van der Waals surface area contributed by atoms with Crippen LogP contribution in [0.25, 0.3) is 0 Å². The second kappa shape index (κ2) is 5.01. The Balaban J connectivity index is 1.79. The average molecular weight is 238 g/mol. The molecule has 0 radical (unpaired) electrons. The van der Waals surface area contributed by atoms with Gasteiger partial charge in [-0.1, -0.05) is 0 Å². The van der Waals surface area contributed by atoms with Gasteiger partial charge in [-0.05, 0) is 24.5 Å². The summed E-state index contributed by atoms with van der Waals surface area (Å²) in [7, 11) is 0. The van der Waals surface area contributed by atoms with E-state index in [1.807, 2.05) is 6.07 Å². The molecular weight excluding hydrogens is 224 g/mol. The Bertz CT molecular complexity index is 402. The van der Waals surface area contributed by atoms with Crippen LogP contribution in [-0.4, -0.2) is 34.2 Å². The van der Waals surface area contributed by atoms with Gasteiger partial charge in [-0.2, -0.15) is 0 Å². The maximum Gasteiger partial charge on any atom is 0.332 e. The van der Waals surface area contributed by atoms with Crippen LogP contribution < -0.4 is 5.32 Å². The molecule has 6 heteroatoms. The fraction of sp³-hybridized carbons (Fsp3) is 0.455. The summed E-state index contributed by atoms with van der Waals surface area (Å²) in [6.45, 7) is 0.417. The van der Waals surface area contributed by atoms with Gasteiger partial charge >= 0.3 is 5.97 Å². The zero-order chi connectivity index (χ0) is 12.3. The van der Waals surface area contributed by atoms with Crippen LogP contribution >= 0.6 is 0 Å². The molecule has 0 bridgehead atoms. The molecule has 0 saturated carbocycles. The van der Waals surface area contributed by atoms with Crippen LogP contribution in [0.15, 0.2) is 18.5 Å². The van der Waals surface area contributed by atoms with E-state index in [1.165, 1.54) is 0 Å². The largest absolute Gasteiger partial charge is 0.479 e. The topological polar surface area (TPSA) is 91.4 Å². The number of hydrogen-bond acceptors (Lipinski definition) is 3. The number of amides is 1. The van der Waals surface area contributed by atoms with Gasteiger partial charge in [0.05, 0.1) is 0 Å². The molecule has 1 amide bonds. The van der Waals surface area contributed by atoms with Crippen molar-refractivity contribution in [3.63, 3.8) is 0 Å². The molecule has 1 fully saturated rings. The van der Waals surface area contributed by atoms with Crippen molar-refractivity contribution in [2.75, 3.05) is 0 Å². The molecule has 17 heavy (non-hydrogen) atoms. The fourth-order valence-corrected chi connectivity index (χ4v) is 1.78. The summed E-state index contributed by atoms with van der Waals surface area (Å²) in [5.41, 5.74) is 0.964. The number of aromatic amines is 1. The number of aromatic nitrogens is 1. The van der Waals surface area contributed by atoms with Gasteiger partial charge in [0.1, 0.15) is 6.10 Å². The van der Waals surface area contributed by atoms with E-state index in [2.05, 4.69) is 10.3 Å². The average Bonchev–Trinajstić information content (AvgIpc) is 2.96. The number of H-pyrrole nitrogens is 1. The molecule has 6 nitrogen and oxygen atoms in total. The van der Waals surface area contributed by atoms with Crippen LogP contribution in [0.2, 0.25) is 0 Å². The van der Waals surface area contributed by atoms with Crippen molar-refractivity contribution in [1.29, 1.82) is 0 Å². The van der Waals surface area contributed by atoms with Gasteiger partial charge in [0.2, 0.25) is 5.91 Å². The minimum absolute atomic E-state index is 0.255. The molecule has 1 aliphatic rings. The number of nitrogens with one attached hydrogen (secondary N) is 2. The molecule has 1 saturated heterocycles. The third-order valence-corrected chi connectivity index (χ3v) is 2.72. The Hall–Kier alpha value is -1.82. The first kappa shape index (κ1) is 11.7. The van der Waals surface area contributed by atoms with E-state index in [9.17, 15) is 9.59 Å². The molecule has 3 N–H and O–H groups in total. The highest BCUT2D eigenvalue weighted by molar-refractivity contribution is 5.82. The zero-order valence-electron chi connectivity index (χ0n) is 9.18. The Labute approximate surface area is 98.0 Å². The standard InChI is InChI=1S/C11H14N2O4/c14-10(13-6-7-3-4-12-5-7)8-1-2-9(17-8)11(15)16/h3-5,8-9,12H,1-2,6H2,(H,13,14)(H,15,16). The smallest absolute Gasteiger partial charge is 0.332 e. The predicted octanol–water partition coefficient (Wildman–Crippen LogP) is 0.263. The number of carboxylic acid groups (broad SMARTS) is 1. The van der Waals surface area contributed by atoms with Crippen molar-refractivity contribution in [3.8, 4) is 0 Å². The summed E-state index contributed by atoms with van der Waals surface area (Å²) < 4.78 is 5.14. The quantitative estimate of drug-likeness (QED) is 0.701. The Morgan fingerprint density at radius 2 is 2.24 bits per heavy atom. The van der Waals surface area contributed by atoms with Gasteiger partial charge < -0.3 is 20.1 Å². The van der Waals surface area contributed by atoms with Crippen molar-refractivity contribution in [2.45, 2.75) is 31.6 Å². The maximum absolute atomic E-state index is 11.7. The number of hydrogen-bond donors (Lipinski definition) is 3. The van der Waals surface area contributed by atoms with E-state index in [0.717, 1.165) is 5.56 Å². The maximum atomic E-state index is 11.7. The van der Waals surface area contributed by atoms with Crippen molar-refractivity contribution < 1.29 is 19.4 Å². The number of ether oxygens (including phenoxy) is 1. The minimum Gasteiger partial charge on any atom is -0.479 e. The van der Waals surface area contributed by atoms with Crippen molar-refractivity contribution in [3.05, 3.63) is 24.0 Å². The van der Waals surface area contributed by atoms with Crippen molar-refractivity contribution in [2.24, 2.45) is 0 Å². The molecule has 92 valence electrons. The summed E-state index contributed by atoms with van der Waals surface area (Å²) in [6.07, 6.45) is 2.91. The third-order valence-electron chi connectivity index (χ3n) is 2.72. The highest BCUT2D eigenvalue weighted by Crippen LogP contribution is 2.19. The van der Waals surface area contributed by atoms with Crippen LogP contribution in [-0.2, 0) is 20.9 Å². The third kappa shape index (κ3) is 2.85. The van der Waals surface area contributed by atoms with E-state index in [0.29, 0.717) is 19.4 Å². The molecule has 2 rings (SSSR count). The molecule has 0 aliphatic carbocycles. The summed E-state index contributed by atoms with van der Waals surface area (Å²) in [5.74, 6) is -1.26. The van der Waals surface area contributed by atoms with E-state index in [4.69, 9.17) is 9.84 Å². The van der Waals surface area contributed by atoms with Gasteiger partial charge in [0.25, 0.3) is 0 Å². The van der Waals surface area contributed by atoms with Gasteiger partial charge in [-0.25, -0.2) is 4.79 Å². The molecule has 0 spiro atoms. The first-order valence-corrected chi connectivity index (χ1v) is 5.44. The van der Waals surface area contributed by atoms with Crippen molar-refractivity contribution in [1.82, 2.24) is 10.3 Å². The van der Waals surface area contributed by atoms with E-state index < -0.39 is 18.2 Å². The lowest BCUT2D eigenvalue weighted by molar-refractivity contribution is -0.151. The second-order valence-corrected chi connectivity index (χ2v) is 3.97. The van der Waals surface area contributed by atoms with Crippen LogP contribution in [0.4, 0.5) is 0 Å². The van der Waals surface area contributed by atoms with Crippen LogP contribution in [0.5, 0.6) is 0 Å². The molecule has 1 aliphatic heterocycles. The predicted molar refractivity (Wildman–Crippen MR) is 58.2 cm³/mol. The van der Waals surface area contributed by atoms with Gasteiger partial charge in [0.15, 0.2) is 6.10 Å². The Morgan fingerprint density at radius 3 is 2.82 bits per heavy atom. The van der Waals surface area contributed by atoms with Gasteiger partial charge in [0, 0.05) is 18.9 Å². The number of rotatable bonds is 4. The Kier molecular flexibility index (Phi) is 3.43. The summed E-state index contributed by atoms with van der Waals surface area (Å²) >= 11 is 0. The second-order valence-electron chi connectivity index (χ2n) is 3.97. The number of carbonyl (C=O) groups is 2. The number of carboxylic acids is 1. The van der Waals surface area contributed by atoms with Gasteiger partial charge in [-0.15, -0.1) is 0 Å². The van der Waals surface area contributed by atoms with E-state index in [-0.39, 0.29) is 5.91 Å². The lowest BCUT2D eigenvalue weighted by atomic mass is 10.2. The summed E-state index contributed by atoms with van der Waals surface area (Å²) in [4.78, 5) is 25.2. The van der Waals surface area contributed by atoms with Crippen LogP contribution in [0.3, 0.4) is 0 Å². The first-order valence-electron chi connectivity index (χ1n) is 5.44. The number of carbonyl (C=O) groups excluding carboxylic acids is 1.